The van der Waals surface area contributed by atoms with Crippen LogP contribution in [0, 0.1) is 0 Å². The second-order valence-corrected chi connectivity index (χ2v) is 9.65. The zero-order valence-corrected chi connectivity index (χ0v) is 22.0. The van der Waals surface area contributed by atoms with Gasteiger partial charge in [-0.3, -0.25) is 0 Å². The van der Waals surface area contributed by atoms with E-state index in [1.165, 1.54) is 0 Å². The van der Waals surface area contributed by atoms with E-state index >= 15 is 0 Å². The van der Waals surface area contributed by atoms with Gasteiger partial charge in [-0.2, -0.15) is 0 Å². The summed E-state index contributed by atoms with van der Waals surface area (Å²) in [6.45, 7) is 3.14. The third-order valence-electron chi connectivity index (χ3n) is 6.83. The van der Waals surface area contributed by atoms with Crippen LogP contribution >= 0.6 is 0 Å². The zero-order valence-electron chi connectivity index (χ0n) is 22.0. The first kappa shape index (κ1) is 26.9. The van der Waals surface area contributed by atoms with E-state index in [1.54, 1.807) is 43.2 Å². The Morgan fingerprint density at radius 1 is 1.00 bits per heavy atom. The lowest BCUT2D eigenvalue weighted by molar-refractivity contribution is -0.153. The maximum Gasteiger partial charge on any atom is 0.348 e. The third kappa shape index (κ3) is 6.37. The molecule has 1 fully saturated rings. The van der Waals surface area contributed by atoms with Crippen LogP contribution in [0.1, 0.15) is 24.5 Å². The summed E-state index contributed by atoms with van der Waals surface area (Å²) in [6, 6.07) is 24.1. The van der Waals surface area contributed by atoms with Gasteiger partial charge in [-0.25, -0.2) is 9.59 Å². The molecule has 200 valence electrons. The number of benzene rings is 3. The van der Waals surface area contributed by atoms with Gasteiger partial charge in [0.1, 0.15) is 17.2 Å². The number of aliphatic carboxylic acids is 1. The van der Waals surface area contributed by atoms with E-state index in [-0.39, 0.29) is 18.5 Å². The number of nitrogens with zero attached hydrogens (tertiary/aromatic N) is 2. The highest BCUT2D eigenvalue weighted by molar-refractivity contribution is 5.78. The van der Waals surface area contributed by atoms with Crippen molar-refractivity contribution in [3.63, 3.8) is 0 Å². The summed E-state index contributed by atoms with van der Waals surface area (Å²) in [5.74, 6) is 0.937. The van der Waals surface area contributed by atoms with Crippen molar-refractivity contribution in [1.29, 1.82) is 0 Å². The molecule has 1 aliphatic heterocycles. The highest BCUT2D eigenvalue weighted by Crippen LogP contribution is 2.26. The van der Waals surface area contributed by atoms with E-state index in [9.17, 15) is 14.7 Å². The number of carbonyl (C=O) groups is 2. The van der Waals surface area contributed by atoms with Gasteiger partial charge in [-0.05, 0) is 42.8 Å². The lowest BCUT2D eigenvalue weighted by Crippen LogP contribution is -2.43. The van der Waals surface area contributed by atoms with Gasteiger partial charge >= 0.3 is 12.0 Å². The fraction of sp³-hybridized carbons (Fsp3) is 0.333. The fourth-order valence-corrected chi connectivity index (χ4v) is 4.60. The van der Waals surface area contributed by atoms with Crippen molar-refractivity contribution in [1.82, 2.24) is 9.80 Å². The molecule has 8 heteroatoms. The Morgan fingerprint density at radius 3 is 2.37 bits per heavy atom. The minimum absolute atomic E-state index is 0.00976. The van der Waals surface area contributed by atoms with Gasteiger partial charge in [0, 0.05) is 32.0 Å². The molecule has 0 bridgehead atoms. The molecule has 0 aromatic heterocycles. The smallest absolute Gasteiger partial charge is 0.348 e. The number of carboxylic acids is 1. The Balaban J connectivity index is 1.29. The maximum absolute atomic E-state index is 12.8. The average Bonchev–Trinajstić information content (AvgIpc) is 3.18. The molecule has 0 aliphatic carbocycles. The fourth-order valence-electron chi connectivity index (χ4n) is 4.60. The largest absolute Gasteiger partial charge is 0.496 e. The average molecular weight is 519 g/mol. The van der Waals surface area contributed by atoms with Crippen LogP contribution in [0.2, 0.25) is 0 Å². The number of para-hydroxylation sites is 2. The highest BCUT2D eigenvalue weighted by atomic mass is 16.5. The normalized spacial score (nSPS) is 16.7. The summed E-state index contributed by atoms with van der Waals surface area (Å²) < 4.78 is 17.2. The monoisotopic (exact) mass is 518 g/mol. The van der Waals surface area contributed by atoms with E-state index in [0.717, 1.165) is 16.9 Å². The molecule has 2 atom stereocenters. The Kier molecular flexibility index (Phi) is 8.41. The van der Waals surface area contributed by atoms with Crippen molar-refractivity contribution < 1.29 is 28.9 Å². The first-order chi connectivity index (χ1) is 18.3. The van der Waals surface area contributed by atoms with E-state index in [1.807, 2.05) is 66.5 Å². The lowest BCUT2D eigenvalue weighted by Gasteiger charge is -2.26. The molecule has 0 saturated carbocycles. The molecule has 1 saturated heterocycles. The molecule has 8 nitrogen and oxygen atoms in total. The van der Waals surface area contributed by atoms with Gasteiger partial charge in [0.25, 0.3) is 0 Å². The highest BCUT2D eigenvalue weighted by Gasteiger charge is 2.36. The van der Waals surface area contributed by atoms with E-state index in [2.05, 4.69) is 0 Å². The number of methoxy groups -OCH3 is 1. The van der Waals surface area contributed by atoms with Crippen molar-refractivity contribution in [2.24, 2.45) is 0 Å². The summed E-state index contributed by atoms with van der Waals surface area (Å²) in [7, 11) is 3.45. The Morgan fingerprint density at radius 2 is 1.68 bits per heavy atom. The summed E-state index contributed by atoms with van der Waals surface area (Å²) in [4.78, 5) is 28.4. The number of hydrogen-bond donors (Lipinski definition) is 1. The zero-order chi connectivity index (χ0) is 27.1. The van der Waals surface area contributed by atoms with Crippen LogP contribution in [0.25, 0.3) is 0 Å². The second kappa shape index (κ2) is 11.9. The summed E-state index contributed by atoms with van der Waals surface area (Å²) in [5.41, 5.74) is 0.395. The summed E-state index contributed by atoms with van der Waals surface area (Å²) in [5, 5.41) is 9.81. The predicted molar refractivity (Wildman–Crippen MR) is 144 cm³/mol. The van der Waals surface area contributed by atoms with Gasteiger partial charge in [-0.1, -0.05) is 48.5 Å². The predicted octanol–water partition coefficient (Wildman–Crippen LogP) is 4.87. The first-order valence-corrected chi connectivity index (χ1v) is 12.6. The summed E-state index contributed by atoms with van der Waals surface area (Å²) in [6.07, 6.45) is 0.892. The number of carboxylic acid groups (broad SMARTS) is 1. The van der Waals surface area contributed by atoms with Gasteiger partial charge in [0.2, 0.25) is 5.60 Å². The quantitative estimate of drug-likeness (QED) is 0.368. The van der Waals surface area contributed by atoms with Crippen molar-refractivity contribution in [2.45, 2.75) is 38.0 Å². The second-order valence-electron chi connectivity index (χ2n) is 9.65. The van der Waals surface area contributed by atoms with Crippen LogP contribution in [-0.4, -0.2) is 65.9 Å². The summed E-state index contributed by atoms with van der Waals surface area (Å²) >= 11 is 0. The molecule has 3 aromatic rings. The number of carbonyl (C=O) groups excluding carboxylic acids is 1. The molecule has 0 spiro atoms. The topological polar surface area (TPSA) is 88.5 Å². The van der Waals surface area contributed by atoms with Crippen molar-refractivity contribution in [3.05, 3.63) is 90.0 Å². The Bertz CT molecular complexity index is 1230. The number of amides is 2. The van der Waals surface area contributed by atoms with Gasteiger partial charge in [-0.15, -0.1) is 0 Å². The number of rotatable bonds is 12. The minimum atomic E-state index is -1.40. The van der Waals surface area contributed by atoms with E-state index in [0.29, 0.717) is 37.6 Å². The molecule has 4 rings (SSSR count). The Labute approximate surface area is 223 Å². The van der Waals surface area contributed by atoms with Gasteiger partial charge in [0.05, 0.1) is 26.3 Å². The molecule has 1 aliphatic rings. The molecule has 1 heterocycles. The number of likely N-dealkylation sites (N-methyl/N-ethyl adjacent to an activating group) is 1. The van der Waals surface area contributed by atoms with Crippen LogP contribution in [0.3, 0.4) is 0 Å². The minimum Gasteiger partial charge on any atom is -0.496 e. The van der Waals surface area contributed by atoms with Crippen LogP contribution in [0.5, 0.6) is 17.2 Å². The van der Waals surface area contributed by atoms with Crippen LogP contribution in [0.4, 0.5) is 4.79 Å². The standard InChI is InChI=1S/C30H34N2O6/c1-30(28(33)34,38-26-10-5-4-6-11-26)19-22-13-15-25(16-14-22)37-18-17-24-21-32(29(35)31(24)2)20-23-9-7-8-12-27(23)36-3/h4-16,24H,17-21H2,1-3H3,(H,33,34). The van der Waals surface area contributed by atoms with Crippen molar-refractivity contribution in [3.8, 4) is 17.2 Å². The Hall–Kier alpha value is -4.20. The molecule has 38 heavy (non-hydrogen) atoms. The van der Waals surface area contributed by atoms with E-state index in [4.69, 9.17) is 14.2 Å². The lowest BCUT2D eigenvalue weighted by atomic mass is 9.96. The molecule has 3 aromatic carbocycles. The van der Waals surface area contributed by atoms with Crippen LogP contribution in [-0.2, 0) is 17.8 Å². The van der Waals surface area contributed by atoms with Crippen molar-refractivity contribution >= 4 is 12.0 Å². The van der Waals surface area contributed by atoms with E-state index < -0.39 is 11.6 Å². The van der Waals surface area contributed by atoms with Crippen molar-refractivity contribution in [2.75, 3.05) is 27.3 Å². The number of urea groups is 1. The third-order valence-corrected chi connectivity index (χ3v) is 6.83. The molecular formula is C30H34N2O6. The molecule has 1 N–H and O–H groups in total. The van der Waals surface area contributed by atoms with Crippen LogP contribution < -0.4 is 14.2 Å². The molecule has 0 radical (unpaired) electrons. The molecular weight excluding hydrogens is 484 g/mol. The van der Waals surface area contributed by atoms with Crippen LogP contribution in [0.15, 0.2) is 78.9 Å². The van der Waals surface area contributed by atoms with Gasteiger partial charge < -0.3 is 29.1 Å². The molecule has 2 unspecified atom stereocenters. The van der Waals surface area contributed by atoms with Gasteiger partial charge in [0.15, 0.2) is 0 Å². The number of ether oxygens (including phenoxy) is 3. The molecule has 2 amide bonds. The first-order valence-electron chi connectivity index (χ1n) is 12.6. The maximum atomic E-state index is 12.8. The SMILES string of the molecule is COc1ccccc1CN1CC(CCOc2ccc(CC(C)(Oc3ccccc3)C(=O)O)cc2)N(C)C1=O. The number of hydrogen-bond acceptors (Lipinski definition) is 5.